The average Bonchev–Trinajstić information content (AvgIpc) is 2.73. The molecule has 0 aliphatic heterocycles. The van der Waals surface area contributed by atoms with Crippen molar-refractivity contribution in [2.45, 2.75) is 37.3 Å². The quantitative estimate of drug-likeness (QED) is 0.792. The SMILES string of the molecule is Cc1ccc(S(=O)(=O)OCC2CCC(F)C2)cc1. The molecule has 0 bridgehead atoms. The van der Waals surface area contributed by atoms with Gasteiger partial charge in [-0.05, 0) is 44.2 Å². The molecule has 2 rings (SSSR count). The van der Waals surface area contributed by atoms with Crippen molar-refractivity contribution in [1.82, 2.24) is 0 Å². The van der Waals surface area contributed by atoms with E-state index in [0.717, 1.165) is 5.56 Å². The molecule has 1 fully saturated rings. The van der Waals surface area contributed by atoms with E-state index < -0.39 is 16.3 Å². The summed E-state index contributed by atoms with van der Waals surface area (Å²) in [6.45, 7) is 1.97. The lowest BCUT2D eigenvalue weighted by molar-refractivity contribution is 0.244. The Bertz CT molecular complexity index is 495. The minimum Gasteiger partial charge on any atom is -0.266 e. The van der Waals surface area contributed by atoms with Crippen LogP contribution in [0.1, 0.15) is 24.8 Å². The van der Waals surface area contributed by atoms with Crippen LogP contribution in [0.3, 0.4) is 0 Å². The molecule has 100 valence electrons. The van der Waals surface area contributed by atoms with Crippen LogP contribution in [0, 0.1) is 12.8 Å². The fourth-order valence-electron chi connectivity index (χ4n) is 2.12. The summed E-state index contributed by atoms with van der Waals surface area (Å²) >= 11 is 0. The smallest absolute Gasteiger partial charge is 0.266 e. The van der Waals surface area contributed by atoms with Gasteiger partial charge in [-0.15, -0.1) is 0 Å². The minimum absolute atomic E-state index is 0.0141. The van der Waals surface area contributed by atoms with Crippen molar-refractivity contribution >= 4 is 10.1 Å². The maximum Gasteiger partial charge on any atom is 0.296 e. The van der Waals surface area contributed by atoms with E-state index in [4.69, 9.17) is 4.18 Å². The Morgan fingerprint density at radius 1 is 1.28 bits per heavy atom. The molecule has 0 heterocycles. The predicted molar refractivity (Wildman–Crippen MR) is 66.6 cm³/mol. The third-order valence-electron chi connectivity index (χ3n) is 3.25. The Labute approximate surface area is 107 Å². The molecule has 2 unspecified atom stereocenters. The number of hydrogen-bond donors (Lipinski definition) is 0. The number of alkyl halides is 1. The highest BCUT2D eigenvalue weighted by molar-refractivity contribution is 7.86. The van der Waals surface area contributed by atoms with Crippen LogP contribution in [-0.2, 0) is 14.3 Å². The monoisotopic (exact) mass is 272 g/mol. The summed E-state index contributed by atoms with van der Waals surface area (Å²) in [5.74, 6) is 0.0141. The van der Waals surface area contributed by atoms with Gasteiger partial charge in [0.2, 0.25) is 0 Å². The maximum atomic E-state index is 13.0. The first-order valence-corrected chi connectivity index (χ1v) is 7.48. The van der Waals surface area contributed by atoms with E-state index in [1.165, 1.54) is 12.1 Å². The Kier molecular flexibility index (Phi) is 4.02. The lowest BCUT2D eigenvalue weighted by Crippen LogP contribution is -2.13. The number of rotatable bonds is 4. The van der Waals surface area contributed by atoms with Gasteiger partial charge in [0.05, 0.1) is 11.5 Å². The van der Waals surface area contributed by atoms with Gasteiger partial charge >= 0.3 is 0 Å². The summed E-state index contributed by atoms with van der Waals surface area (Å²) < 4.78 is 41.7. The van der Waals surface area contributed by atoms with Crippen LogP contribution in [0.4, 0.5) is 4.39 Å². The van der Waals surface area contributed by atoms with Crippen LogP contribution in [0.25, 0.3) is 0 Å². The van der Waals surface area contributed by atoms with Crippen LogP contribution in [0.2, 0.25) is 0 Å². The molecule has 1 aliphatic carbocycles. The number of halogens is 1. The molecule has 5 heteroatoms. The normalized spacial score (nSPS) is 24.3. The molecule has 1 aromatic rings. The molecule has 0 radical (unpaired) electrons. The van der Waals surface area contributed by atoms with Crippen molar-refractivity contribution in [3.8, 4) is 0 Å². The molecule has 1 aliphatic rings. The van der Waals surface area contributed by atoms with E-state index in [1.807, 2.05) is 6.92 Å². The van der Waals surface area contributed by atoms with Crippen LogP contribution < -0.4 is 0 Å². The zero-order valence-electron chi connectivity index (χ0n) is 10.3. The summed E-state index contributed by atoms with van der Waals surface area (Å²) in [5, 5.41) is 0. The lowest BCUT2D eigenvalue weighted by Gasteiger charge is -2.10. The topological polar surface area (TPSA) is 43.4 Å². The molecule has 1 saturated carbocycles. The second kappa shape index (κ2) is 5.36. The molecule has 18 heavy (non-hydrogen) atoms. The minimum atomic E-state index is -3.70. The van der Waals surface area contributed by atoms with E-state index in [2.05, 4.69) is 0 Å². The van der Waals surface area contributed by atoms with Crippen molar-refractivity contribution < 1.29 is 17.0 Å². The second-order valence-corrected chi connectivity index (χ2v) is 6.44. The lowest BCUT2D eigenvalue weighted by atomic mass is 10.1. The number of aryl methyl sites for hydroxylation is 1. The van der Waals surface area contributed by atoms with Gasteiger partial charge in [0, 0.05) is 0 Å². The summed E-state index contributed by atoms with van der Waals surface area (Å²) in [6, 6.07) is 6.50. The molecular weight excluding hydrogens is 255 g/mol. The van der Waals surface area contributed by atoms with Gasteiger partial charge in [0.25, 0.3) is 10.1 Å². The average molecular weight is 272 g/mol. The van der Waals surface area contributed by atoms with Crippen molar-refractivity contribution in [2.75, 3.05) is 6.61 Å². The van der Waals surface area contributed by atoms with Gasteiger partial charge in [0.1, 0.15) is 6.17 Å². The Morgan fingerprint density at radius 2 is 1.94 bits per heavy atom. The van der Waals surface area contributed by atoms with Crippen LogP contribution in [0.5, 0.6) is 0 Å². The standard InChI is InChI=1S/C13H17FO3S/c1-10-2-6-13(7-3-10)18(15,16)17-9-11-4-5-12(14)8-11/h2-3,6-7,11-12H,4-5,8-9H2,1H3. The van der Waals surface area contributed by atoms with Gasteiger partial charge in [-0.1, -0.05) is 17.7 Å². The largest absolute Gasteiger partial charge is 0.296 e. The molecule has 3 nitrogen and oxygen atoms in total. The zero-order chi connectivity index (χ0) is 13.2. The molecule has 0 spiro atoms. The number of benzene rings is 1. The first kappa shape index (κ1) is 13.5. The first-order valence-electron chi connectivity index (χ1n) is 6.07. The van der Waals surface area contributed by atoms with Crippen molar-refractivity contribution in [2.24, 2.45) is 5.92 Å². The van der Waals surface area contributed by atoms with E-state index in [1.54, 1.807) is 12.1 Å². The Balaban J connectivity index is 1.97. The third kappa shape index (κ3) is 3.29. The highest BCUT2D eigenvalue weighted by Gasteiger charge is 2.26. The molecule has 1 aromatic carbocycles. The van der Waals surface area contributed by atoms with Crippen LogP contribution >= 0.6 is 0 Å². The maximum absolute atomic E-state index is 13.0. The fraction of sp³-hybridized carbons (Fsp3) is 0.538. The van der Waals surface area contributed by atoms with Crippen molar-refractivity contribution in [1.29, 1.82) is 0 Å². The summed E-state index contributed by atoms with van der Waals surface area (Å²) in [7, 11) is -3.70. The van der Waals surface area contributed by atoms with Gasteiger partial charge in [-0.3, -0.25) is 4.18 Å². The van der Waals surface area contributed by atoms with Crippen LogP contribution in [0.15, 0.2) is 29.2 Å². The van der Waals surface area contributed by atoms with Gasteiger partial charge in [0.15, 0.2) is 0 Å². The highest BCUT2D eigenvalue weighted by Crippen LogP contribution is 2.28. The first-order chi connectivity index (χ1) is 8.47. The highest BCUT2D eigenvalue weighted by atomic mass is 32.2. The van der Waals surface area contributed by atoms with Gasteiger partial charge in [-0.2, -0.15) is 8.42 Å². The van der Waals surface area contributed by atoms with E-state index in [0.29, 0.717) is 19.3 Å². The van der Waals surface area contributed by atoms with Crippen molar-refractivity contribution in [3.63, 3.8) is 0 Å². The summed E-state index contributed by atoms with van der Waals surface area (Å²) in [4.78, 5) is 0.155. The van der Waals surface area contributed by atoms with Crippen molar-refractivity contribution in [3.05, 3.63) is 29.8 Å². The number of hydrogen-bond acceptors (Lipinski definition) is 3. The van der Waals surface area contributed by atoms with E-state index in [9.17, 15) is 12.8 Å². The van der Waals surface area contributed by atoms with Gasteiger partial charge < -0.3 is 0 Å². The van der Waals surface area contributed by atoms with E-state index in [-0.39, 0.29) is 17.4 Å². The molecule has 0 amide bonds. The molecule has 0 saturated heterocycles. The summed E-state index contributed by atoms with van der Waals surface area (Å²) in [5.41, 5.74) is 0.991. The Morgan fingerprint density at radius 3 is 2.50 bits per heavy atom. The molecular formula is C13H17FO3S. The zero-order valence-corrected chi connectivity index (χ0v) is 11.1. The molecule has 2 atom stereocenters. The van der Waals surface area contributed by atoms with Gasteiger partial charge in [-0.25, -0.2) is 4.39 Å². The Hall–Kier alpha value is -0.940. The van der Waals surface area contributed by atoms with Crippen LogP contribution in [-0.4, -0.2) is 21.2 Å². The second-order valence-electron chi connectivity index (χ2n) is 4.83. The summed E-state index contributed by atoms with van der Waals surface area (Å²) in [6.07, 6.45) is 0.813. The predicted octanol–water partition coefficient (Wildman–Crippen LogP) is 2.84. The van der Waals surface area contributed by atoms with E-state index >= 15 is 0 Å². The molecule has 0 aromatic heterocycles. The third-order valence-corrected chi connectivity index (χ3v) is 4.54. The molecule has 0 N–H and O–H groups in total. The fourth-order valence-corrected chi connectivity index (χ4v) is 3.10.